The molecule has 1 unspecified atom stereocenters. The lowest BCUT2D eigenvalue weighted by atomic mass is 10.1. The average molecular weight is 497 g/mol. The molecule has 1 aromatic carbocycles. The first-order chi connectivity index (χ1) is 15.8. The number of benzene rings is 1. The van der Waals surface area contributed by atoms with Crippen LogP contribution in [0.15, 0.2) is 23.1 Å². The Balaban J connectivity index is 2.25. The summed E-state index contributed by atoms with van der Waals surface area (Å²) in [5.74, 6) is -4.28. The highest BCUT2D eigenvalue weighted by Gasteiger charge is 2.26. The third-order valence-electron chi connectivity index (χ3n) is 3.83. The lowest BCUT2D eigenvalue weighted by Crippen LogP contribution is -2.36. The molecule has 0 bridgehead atoms. The Morgan fingerprint density at radius 2 is 1.76 bits per heavy atom. The van der Waals surface area contributed by atoms with Crippen LogP contribution in [0.3, 0.4) is 0 Å². The molecule has 2 rings (SSSR count). The number of esters is 1. The lowest BCUT2D eigenvalue weighted by Gasteiger charge is -2.13. The lowest BCUT2D eigenvalue weighted by molar-refractivity contribution is -0.150. The first kappa shape index (κ1) is 25.9. The Morgan fingerprint density at radius 1 is 1.09 bits per heavy atom. The topological polar surface area (TPSA) is 224 Å². The third kappa shape index (κ3) is 6.58. The molecular weight excluding hydrogens is 478 g/mol. The zero-order valence-electron chi connectivity index (χ0n) is 17.9. The molecule has 0 aliphatic carbocycles. The zero-order chi connectivity index (χ0) is 25.6. The number of carboxylic acids is 2. The maximum Gasteiger partial charge on any atom is 0.347 e. The van der Waals surface area contributed by atoms with E-state index in [-0.39, 0.29) is 18.4 Å². The Morgan fingerprint density at radius 3 is 2.35 bits per heavy atom. The van der Waals surface area contributed by atoms with Gasteiger partial charge in [-0.2, -0.15) is 15.0 Å². The molecule has 0 spiro atoms. The SMILES string of the molecule is CCOC(=O)C(C)Oc1nc(C)nc(NC(=O)NS(=O)(=O)c2cc(C(=O)O)ccc2C(=O)O)n1. The Labute approximate surface area is 192 Å². The van der Waals surface area contributed by atoms with Gasteiger partial charge in [-0.3, -0.25) is 5.32 Å². The van der Waals surface area contributed by atoms with Gasteiger partial charge in [0.25, 0.3) is 10.0 Å². The second-order valence-corrected chi connectivity index (χ2v) is 8.03. The summed E-state index contributed by atoms with van der Waals surface area (Å²) in [6, 6.07) is 0.511. The van der Waals surface area contributed by atoms with Crippen LogP contribution < -0.4 is 14.8 Å². The van der Waals surface area contributed by atoms with Gasteiger partial charge in [0.15, 0.2) is 6.10 Å². The Bertz CT molecular complexity index is 1250. The number of carboxylic acid groups (broad SMARTS) is 2. The van der Waals surface area contributed by atoms with Crippen LogP contribution in [0.5, 0.6) is 6.01 Å². The van der Waals surface area contributed by atoms with E-state index < -0.39 is 62.0 Å². The van der Waals surface area contributed by atoms with Crippen molar-refractivity contribution in [3.05, 3.63) is 35.2 Å². The van der Waals surface area contributed by atoms with Crippen LogP contribution in [0.25, 0.3) is 0 Å². The molecule has 1 aromatic heterocycles. The number of rotatable bonds is 9. The molecule has 0 aliphatic heterocycles. The molecule has 34 heavy (non-hydrogen) atoms. The zero-order valence-corrected chi connectivity index (χ0v) is 18.7. The Hall–Kier alpha value is -4.34. The van der Waals surface area contributed by atoms with E-state index in [4.69, 9.17) is 14.6 Å². The van der Waals surface area contributed by atoms with Crippen molar-refractivity contribution in [2.24, 2.45) is 0 Å². The van der Waals surface area contributed by atoms with Crippen LogP contribution >= 0.6 is 0 Å². The van der Waals surface area contributed by atoms with Gasteiger partial charge >= 0.3 is 29.9 Å². The predicted octanol–water partition coefficient (Wildman–Crippen LogP) is 0.417. The molecule has 0 saturated carbocycles. The summed E-state index contributed by atoms with van der Waals surface area (Å²) in [5, 5.41) is 20.3. The first-order valence-electron chi connectivity index (χ1n) is 9.34. The van der Waals surface area contributed by atoms with Crippen molar-refractivity contribution < 1.29 is 47.3 Å². The maximum atomic E-state index is 12.6. The highest BCUT2D eigenvalue weighted by molar-refractivity contribution is 7.90. The smallest absolute Gasteiger partial charge is 0.347 e. The number of sulfonamides is 1. The predicted molar refractivity (Wildman–Crippen MR) is 111 cm³/mol. The fourth-order valence-corrected chi connectivity index (χ4v) is 3.52. The quantitative estimate of drug-likeness (QED) is 0.345. The van der Waals surface area contributed by atoms with Gasteiger partial charge in [-0.15, -0.1) is 0 Å². The van der Waals surface area contributed by atoms with Gasteiger partial charge in [0.05, 0.1) is 17.7 Å². The number of nitrogens with zero attached hydrogens (tertiary/aromatic N) is 3. The van der Waals surface area contributed by atoms with Gasteiger partial charge in [-0.25, -0.2) is 32.3 Å². The molecule has 182 valence electrons. The molecule has 0 radical (unpaired) electrons. The number of aryl methyl sites for hydroxylation is 1. The summed E-state index contributed by atoms with van der Waals surface area (Å²) in [4.78, 5) is 56.9. The number of nitrogens with one attached hydrogen (secondary N) is 2. The van der Waals surface area contributed by atoms with E-state index in [2.05, 4.69) is 15.0 Å². The minimum atomic E-state index is -4.84. The summed E-state index contributed by atoms with van der Waals surface area (Å²) in [6.45, 7) is 4.49. The summed E-state index contributed by atoms with van der Waals surface area (Å²) >= 11 is 0. The van der Waals surface area contributed by atoms with Crippen LogP contribution in [0.4, 0.5) is 10.7 Å². The van der Waals surface area contributed by atoms with E-state index in [0.717, 1.165) is 12.1 Å². The number of amides is 2. The molecule has 0 aliphatic rings. The van der Waals surface area contributed by atoms with Crippen LogP contribution in [0.2, 0.25) is 0 Å². The number of hydrogen-bond acceptors (Lipinski definition) is 11. The molecule has 2 amide bonds. The van der Waals surface area contributed by atoms with E-state index in [1.54, 1.807) is 11.6 Å². The number of urea groups is 1. The molecule has 1 heterocycles. The van der Waals surface area contributed by atoms with Gasteiger partial charge in [0, 0.05) is 0 Å². The van der Waals surface area contributed by atoms with Gasteiger partial charge in [0.1, 0.15) is 10.7 Å². The van der Waals surface area contributed by atoms with Gasteiger partial charge in [-0.05, 0) is 39.0 Å². The molecule has 0 saturated heterocycles. The second kappa shape index (κ2) is 10.5. The summed E-state index contributed by atoms with van der Waals surface area (Å²) < 4.78 is 36.7. The molecule has 2 aromatic rings. The van der Waals surface area contributed by atoms with Crippen molar-refractivity contribution in [2.75, 3.05) is 11.9 Å². The summed E-state index contributed by atoms with van der Waals surface area (Å²) in [7, 11) is -4.84. The fourth-order valence-electron chi connectivity index (χ4n) is 2.39. The van der Waals surface area contributed by atoms with Crippen LogP contribution in [0, 0.1) is 6.92 Å². The van der Waals surface area contributed by atoms with E-state index in [0.29, 0.717) is 6.07 Å². The molecule has 15 nitrogen and oxygen atoms in total. The fraction of sp³-hybridized carbons (Fsp3) is 0.278. The van der Waals surface area contributed by atoms with E-state index in [1.165, 1.54) is 13.8 Å². The first-order valence-corrected chi connectivity index (χ1v) is 10.8. The number of aromatic nitrogens is 3. The maximum absolute atomic E-state index is 12.6. The van der Waals surface area contributed by atoms with Crippen LogP contribution in [0.1, 0.15) is 40.4 Å². The number of anilines is 1. The standard InChI is InChI=1S/C18H19N5O10S/c1-4-32-15(28)8(2)33-18-20-9(3)19-16(22-18)21-17(29)23-34(30,31)12-7-10(13(24)25)5-6-11(12)14(26)27/h5-8H,4H2,1-3H3,(H,24,25)(H,26,27)(H2,19,20,21,22,23,29). The monoisotopic (exact) mass is 497 g/mol. The van der Waals surface area contributed by atoms with Crippen LogP contribution in [-0.4, -0.2) is 70.2 Å². The summed E-state index contributed by atoms with van der Waals surface area (Å²) in [6.07, 6.45) is -1.10. The van der Waals surface area contributed by atoms with Crippen molar-refractivity contribution >= 4 is 39.9 Å². The van der Waals surface area contributed by atoms with Gasteiger partial charge in [-0.1, -0.05) is 0 Å². The highest BCUT2D eigenvalue weighted by atomic mass is 32.2. The molecular formula is C18H19N5O10S. The largest absolute Gasteiger partial charge is 0.478 e. The van der Waals surface area contributed by atoms with Crippen molar-refractivity contribution in [3.63, 3.8) is 0 Å². The number of carbonyl (C=O) groups is 4. The summed E-state index contributed by atoms with van der Waals surface area (Å²) in [5.41, 5.74) is -1.28. The van der Waals surface area contributed by atoms with E-state index >= 15 is 0 Å². The molecule has 4 N–H and O–H groups in total. The number of carbonyl (C=O) groups excluding carboxylic acids is 2. The second-order valence-electron chi connectivity index (χ2n) is 6.38. The van der Waals surface area contributed by atoms with Crippen molar-refractivity contribution in [1.82, 2.24) is 19.7 Å². The number of aromatic carboxylic acids is 2. The van der Waals surface area contributed by atoms with E-state index in [9.17, 15) is 32.7 Å². The average Bonchev–Trinajstić information content (AvgIpc) is 2.72. The minimum absolute atomic E-state index is 0.0431. The van der Waals surface area contributed by atoms with Crippen LogP contribution in [-0.2, 0) is 19.6 Å². The van der Waals surface area contributed by atoms with E-state index in [1.807, 2.05) is 5.32 Å². The van der Waals surface area contributed by atoms with Gasteiger partial charge < -0.3 is 19.7 Å². The van der Waals surface area contributed by atoms with Crippen molar-refractivity contribution in [2.45, 2.75) is 31.8 Å². The van der Waals surface area contributed by atoms with Crippen molar-refractivity contribution in [3.8, 4) is 6.01 Å². The normalized spacial score (nSPS) is 11.7. The molecule has 16 heteroatoms. The third-order valence-corrected chi connectivity index (χ3v) is 5.20. The minimum Gasteiger partial charge on any atom is -0.478 e. The van der Waals surface area contributed by atoms with Crippen molar-refractivity contribution in [1.29, 1.82) is 0 Å². The number of hydrogen-bond donors (Lipinski definition) is 4. The molecule has 0 fully saturated rings. The highest BCUT2D eigenvalue weighted by Crippen LogP contribution is 2.19. The number of ether oxygens (including phenoxy) is 2. The molecule has 1 atom stereocenters. The Kier molecular flexibility index (Phi) is 8.02. The van der Waals surface area contributed by atoms with Gasteiger partial charge in [0.2, 0.25) is 5.95 Å².